The number of carboxylic acids is 1. The molecular formula is C18H19NO4. The van der Waals surface area contributed by atoms with Crippen LogP contribution in [0, 0.1) is 0 Å². The van der Waals surface area contributed by atoms with Gasteiger partial charge in [-0.25, -0.2) is 4.79 Å². The van der Waals surface area contributed by atoms with Crippen LogP contribution in [0.4, 0.5) is 5.69 Å². The molecular weight excluding hydrogens is 294 g/mol. The van der Waals surface area contributed by atoms with Gasteiger partial charge >= 0.3 is 5.97 Å². The van der Waals surface area contributed by atoms with E-state index in [0.717, 1.165) is 30.5 Å². The van der Waals surface area contributed by atoms with E-state index in [9.17, 15) is 14.7 Å². The van der Waals surface area contributed by atoms with Crippen molar-refractivity contribution >= 4 is 17.6 Å². The molecule has 0 aliphatic carbocycles. The van der Waals surface area contributed by atoms with Crippen molar-refractivity contribution in [2.45, 2.75) is 32.6 Å². The van der Waals surface area contributed by atoms with E-state index in [2.05, 4.69) is 0 Å². The molecule has 5 heteroatoms. The number of furan rings is 1. The van der Waals surface area contributed by atoms with Crippen LogP contribution in [0.3, 0.4) is 0 Å². The van der Waals surface area contributed by atoms with E-state index in [4.69, 9.17) is 4.42 Å². The third-order valence-corrected chi connectivity index (χ3v) is 4.18. The van der Waals surface area contributed by atoms with E-state index in [1.165, 1.54) is 6.07 Å². The number of anilines is 1. The summed E-state index contributed by atoms with van der Waals surface area (Å²) in [5.41, 5.74) is 2.10. The molecule has 1 amide bonds. The van der Waals surface area contributed by atoms with Gasteiger partial charge in [-0.3, -0.25) is 4.79 Å². The van der Waals surface area contributed by atoms with Crippen molar-refractivity contribution in [2.75, 3.05) is 11.4 Å². The highest BCUT2D eigenvalue weighted by molar-refractivity contribution is 6.06. The molecule has 0 fully saturated rings. The van der Waals surface area contributed by atoms with Crippen LogP contribution in [0.25, 0.3) is 0 Å². The van der Waals surface area contributed by atoms with Crippen molar-refractivity contribution in [3.8, 4) is 0 Å². The molecule has 1 aromatic carbocycles. The van der Waals surface area contributed by atoms with Gasteiger partial charge in [0.25, 0.3) is 5.91 Å². The molecule has 2 heterocycles. The molecule has 3 rings (SSSR count). The topological polar surface area (TPSA) is 70.8 Å². The Labute approximate surface area is 134 Å². The molecule has 1 aliphatic heterocycles. The van der Waals surface area contributed by atoms with E-state index in [1.807, 2.05) is 24.3 Å². The maximum atomic E-state index is 12.9. The first kappa shape index (κ1) is 15.3. The number of para-hydroxylation sites is 1. The molecule has 0 saturated heterocycles. The van der Waals surface area contributed by atoms with Crippen molar-refractivity contribution in [2.24, 2.45) is 0 Å². The minimum atomic E-state index is -1.07. The number of carbonyl (C=O) groups excluding carboxylic acids is 1. The molecule has 1 aliphatic rings. The SMILES string of the molecule is CCc1oc(C(=O)N2CCCCc3ccccc32)cc1C(=O)O. The van der Waals surface area contributed by atoms with Gasteiger partial charge in [-0.05, 0) is 30.9 Å². The van der Waals surface area contributed by atoms with Crippen LogP contribution >= 0.6 is 0 Å². The average Bonchev–Trinajstić information content (AvgIpc) is 2.88. The summed E-state index contributed by atoms with van der Waals surface area (Å²) in [4.78, 5) is 25.8. The average molecular weight is 313 g/mol. The quantitative estimate of drug-likeness (QED) is 0.941. The third-order valence-electron chi connectivity index (χ3n) is 4.18. The Hall–Kier alpha value is -2.56. The number of hydrogen-bond donors (Lipinski definition) is 1. The molecule has 1 aromatic heterocycles. The van der Waals surface area contributed by atoms with Gasteiger partial charge in [-0.1, -0.05) is 25.1 Å². The molecule has 2 aromatic rings. The summed E-state index contributed by atoms with van der Waals surface area (Å²) in [5.74, 6) is -0.914. The summed E-state index contributed by atoms with van der Waals surface area (Å²) in [6, 6.07) is 9.19. The van der Waals surface area contributed by atoms with Crippen LogP contribution in [-0.4, -0.2) is 23.5 Å². The van der Waals surface area contributed by atoms with Crippen LogP contribution in [0.5, 0.6) is 0 Å². The van der Waals surface area contributed by atoms with Crippen LogP contribution in [0.1, 0.15) is 52.0 Å². The third kappa shape index (κ3) is 2.86. The molecule has 0 atom stereocenters. The second-order valence-corrected chi connectivity index (χ2v) is 5.65. The number of carboxylic acid groups (broad SMARTS) is 1. The van der Waals surface area contributed by atoms with Crippen molar-refractivity contribution in [1.29, 1.82) is 0 Å². The molecule has 5 nitrogen and oxygen atoms in total. The van der Waals surface area contributed by atoms with Crippen LogP contribution in [0.15, 0.2) is 34.7 Å². The van der Waals surface area contributed by atoms with Crippen LogP contribution in [-0.2, 0) is 12.8 Å². The van der Waals surface area contributed by atoms with E-state index < -0.39 is 5.97 Å². The summed E-state index contributed by atoms with van der Waals surface area (Å²) in [6.45, 7) is 2.42. The van der Waals surface area contributed by atoms with Crippen molar-refractivity contribution in [3.05, 3.63) is 53.0 Å². The highest BCUT2D eigenvalue weighted by atomic mass is 16.4. The zero-order chi connectivity index (χ0) is 16.4. The zero-order valence-corrected chi connectivity index (χ0v) is 13.0. The number of nitrogens with zero attached hydrogens (tertiary/aromatic N) is 1. The van der Waals surface area contributed by atoms with Crippen molar-refractivity contribution in [1.82, 2.24) is 0 Å². The van der Waals surface area contributed by atoms with E-state index in [-0.39, 0.29) is 17.2 Å². The summed E-state index contributed by atoms with van der Waals surface area (Å²) >= 11 is 0. The van der Waals surface area contributed by atoms with Gasteiger partial charge in [0.2, 0.25) is 0 Å². The standard InChI is InChI=1S/C18H19NO4/c1-2-15-13(18(21)22)11-16(23-15)17(20)19-10-6-5-8-12-7-3-4-9-14(12)19/h3-4,7,9,11H,2,5-6,8,10H2,1H3,(H,21,22). The number of rotatable bonds is 3. The lowest BCUT2D eigenvalue weighted by Gasteiger charge is -2.21. The molecule has 0 saturated carbocycles. The summed E-state index contributed by atoms with van der Waals surface area (Å²) in [6.07, 6.45) is 3.32. The Morgan fingerprint density at radius 3 is 2.74 bits per heavy atom. The van der Waals surface area contributed by atoms with Crippen LogP contribution in [0.2, 0.25) is 0 Å². The fraction of sp³-hybridized carbons (Fsp3) is 0.333. The normalized spacial score (nSPS) is 14.2. The maximum absolute atomic E-state index is 12.9. The van der Waals surface area contributed by atoms with Gasteiger partial charge in [0.15, 0.2) is 5.76 Å². The van der Waals surface area contributed by atoms with Crippen LogP contribution < -0.4 is 4.90 Å². The lowest BCUT2D eigenvalue weighted by molar-refractivity contribution is 0.0694. The number of hydrogen-bond acceptors (Lipinski definition) is 3. The van der Waals surface area contributed by atoms with Gasteiger partial charge in [0.05, 0.1) is 0 Å². The Morgan fingerprint density at radius 1 is 1.26 bits per heavy atom. The van der Waals surface area contributed by atoms with Gasteiger partial charge in [-0.15, -0.1) is 0 Å². The molecule has 120 valence electrons. The highest BCUT2D eigenvalue weighted by Crippen LogP contribution is 2.28. The second-order valence-electron chi connectivity index (χ2n) is 5.65. The Balaban J connectivity index is 1.99. The highest BCUT2D eigenvalue weighted by Gasteiger charge is 2.27. The first-order valence-electron chi connectivity index (χ1n) is 7.87. The number of aromatic carboxylic acids is 1. The van der Waals surface area contributed by atoms with E-state index in [0.29, 0.717) is 18.7 Å². The number of benzene rings is 1. The van der Waals surface area contributed by atoms with Gasteiger partial charge in [-0.2, -0.15) is 0 Å². The summed E-state index contributed by atoms with van der Waals surface area (Å²) < 4.78 is 5.52. The largest absolute Gasteiger partial charge is 0.478 e. The number of aryl methyl sites for hydroxylation is 2. The lowest BCUT2D eigenvalue weighted by atomic mass is 10.1. The lowest BCUT2D eigenvalue weighted by Crippen LogP contribution is -2.31. The van der Waals surface area contributed by atoms with Gasteiger partial charge in [0, 0.05) is 24.7 Å². The minimum absolute atomic E-state index is 0.0685. The first-order valence-corrected chi connectivity index (χ1v) is 7.87. The van der Waals surface area contributed by atoms with Gasteiger partial charge in [0.1, 0.15) is 11.3 Å². The molecule has 0 spiro atoms. The summed E-state index contributed by atoms with van der Waals surface area (Å²) in [5, 5.41) is 9.22. The van der Waals surface area contributed by atoms with E-state index in [1.54, 1.807) is 11.8 Å². The smallest absolute Gasteiger partial charge is 0.339 e. The first-order chi connectivity index (χ1) is 11.1. The number of amides is 1. The fourth-order valence-electron chi connectivity index (χ4n) is 3.01. The van der Waals surface area contributed by atoms with Crippen molar-refractivity contribution in [3.63, 3.8) is 0 Å². The number of carbonyl (C=O) groups is 2. The monoisotopic (exact) mass is 313 g/mol. The second kappa shape index (κ2) is 6.28. The van der Waals surface area contributed by atoms with E-state index >= 15 is 0 Å². The Morgan fingerprint density at radius 2 is 2.04 bits per heavy atom. The number of fused-ring (bicyclic) bond motifs is 1. The zero-order valence-electron chi connectivity index (χ0n) is 13.0. The molecule has 1 N–H and O–H groups in total. The predicted molar refractivity (Wildman–Crippen MR) is 86.1 cm³/mol. The Bertz CT molecular complexity index is 747. The van der Waals surface area contributed by atoms with Gasteiger partial charge < -0.3 is 14.4 Å². The molecule has 0 radical (unpaired) electrons. The molecule has 23 heavy (non-hydrogen) atoms. The Kier molecular flexibility index (Phi) is 4.19. The molecule has 0 bridgehead atoms. The maximum Gasteiger partial charge on any atom is 0.339 e. The molecule has 0 unspecified atom stereocenters. The minimum Gasteiger partial charge on any atom is -0.478 e. The fourth-order valence-corrected chi connectivity index (χ4v) is 3.01. The summed E-state index contributed by atoms with van der Waals surface area (Å²) in [7, 11) is 0. The van der Waals surface area contributed by atoms with Crippen molar-refractivity contribution < 1.29 is 19.1 Å². The predicted octanol–water partition coefficient (Wildman–Crippen LogP) is 3.52.